The molecule has 228 valence electrons. The van der Waals surface area contributed by atoms with Crippen molar-refractivity contribution >= 4 is 11.9 Å². The number of hydrogen-bond donors (Lipinski definition) is 1. The van der Waals surface area contributed by atoms with Crippen LogP contribution < -0.4 is 0 Å². The second kappa shape index (κ2) is 17.7. The molecule has 0 radical (unpaired) electrons. The van der Waals surface area contributed by atoms with Gasteiger partial charge in [0.25, 0.3) is 0 Å². The number of aryl methyl sites for hydroxylation is 3. The summed E-state index contributed by atoms with van der Waals surface area (Å²) in [4.78, 5) is 24.0. The molecule has 0 aromatic heterocycles. The van der Waals surface area contributed by atoms with Crippen LogP contribution in [-0.2, 0) is 44.7 Å². The van der Waals surface area contributed by atoms with Crippen LogP contribution in [0.1, 0.15) is 98.9 Å². The Kier molecular flexibility index (Phi) is 14.0. The minimum Gasteiger partial charge on any atom is -0.462 e. The molecule has 42 heavy (non-hydrogen) atoms. The fourth-order valence-corrected chi connectivity index (χ4v) is 5.63. The Labute approximate surface area is 253 Å². The number of carbonyl (C=O) groups excluding carboxylic acids is 2. The normalized spacial score (nSPS) is 15.0. The molecule has 2 aromatic rings. The Balaban J connectivity index is 1.54. The maximum atomic E-state index is 12.1. The summed E-state index contributed by atoms with van der Waals surface area (Å²) in [6.07, 6.45) is 13.9. The highest BCUT2D eigenvalue weighted by Gasteiger charge is 2.22. The highest BCUT2D eigenvalue weighted by atomic mass is 16.5. The van der Waals surface area contributed by atoms with Gasteiger partial charge in [0.15, 0.2) is 0 Å². The molecular formula is C37H50O5. The number of esters is 2. The monoisotopic (exact) mass is 574 g/mol. The number of unbranched alkanes of at least 4 members (excludes halogenated alkanes) is 4. The van der Waals surface area contributed by atoms with Crippen LogP contribution in [0.15, 0.2) is 66.8 Å². The fourth-order valence-electron chi connectivity index (χ4n) is 5.63. The molecule has 0 fully saturated rings. The molecule has 2 unspecified atom stereocenters. The lowest BCUT2D eigenvalue weighted by Crippen LogP contribution is -2.19. The van der Waals surface area contributed by atoms with Gasteiger partial charge in [-0.3, -0.25) is 0 Å². The summed E-state index contributed by atoms with van der Waals surface area (Å²) in [6.45, 7) is 11.0. The zero-order valence-corrected chi connectivity index (χ0v) is 25.8. The number of aliphatic hydroxyl groups excluding tert-OH is 1. The van der Waals surface area contributed by atoms with E-state index >= 15 is 0 Å². The van der Waals surface area contributed by atoms with Crippen LogP contribution in [0, 0.1) is 5.92 Å². The molecule has 3 rings (SSSR count). The first-order valence-electron chi connectivity index (χ1n) is 15.8. The van der Waals surface area contributed by atoms with Crippen molar-refractivity contribution in [1.82, 2.24) is 0 Å². The van der Waals surface area contributed by atoms with E-state index in [-0.39, 0.29) is 24.7 Å². The van der Waals surface area contributed by atoms with Crippen molar-refractivity contribution in [2.24, 2.45) is 5.92 Å². The summed E-state index contributed by atoms with van der Waals surface area (Å²) >= 11 is 0. The molecule has 2 aromatic carbocycles. The molecule has 1 aliphatic rings. The van der Waals surface area contributed by atoms with Gasteiger partial charge < -0.3 is 14.6 Å². The van der Waals surface area contributed by atoms with Gasteiger partial charge in [-0.05, 0) is 92.0 Å². The molecule has 1 N–H and O–H groups in total. The van der Waals surface area contributed by atoms with Gasteiger partial charge in [-0.15, -0.1) is 0 Å². The third-order valence-electron chi connectivity index (χ3n) is 8.41. The van der Waals surface area contributed by atoms with E-state index in [1.165, 1.54) is 73.6 Å². The molecule has 0 heterocycles. The van der Waals surface area contributed by atoms with Crippen LogP contribution >= 0.6 is 0 Å². The van der Waals surface area contributed by atoms with E-state index < -0.39 is 18.5 Å². The second-order valence-electron chi connectivity index (χ2n) is 11.9. The predicted octanol–water partition coefficient (Wildman–Crippen LogP) is 7.62. The van der Waals surface area contributed by atoms with E-state index in [0.717, 1.165) is 24.8 Å². The Morgan fingerprint density at radius 1 is 0.929 bits per heavy atom. The maximum Gasteiger partial charge on any atom is 0.335 e. The van der Waals surface area contributed by atoms with Crippen molar-refractivity contribution in [2.45, 2.75) is 96.8 Å². The third kappa shape index (κ3) is 10.9. The quantitative estimate of drug-likeness (QED) is 0.113. The first-order valence-corrected chi connectivity index (χ1v) is 15.8. The van der Waals surface area contributed by atoms with Gasteiger partial charge in [-0.25, -0.2) is 9.59 Å². The van der Waals surface area contributed by atoms with Crippen LogP contribution in [-0.4, -0.2) is 36.9 Å². The molecule has 5 heteroatoms. The number of benzene rings is 2. The van der Waals surface area contributed by atoms with Gasteiger partial charge in [-0.1, -0.05) is 88.2 Å². The number of fused-ring (bicyclic) bond motifs is 1. The highest BCUT2D eigenvalue weighted by Crippen LogP contribution is 2.32. The van der Waals surface area contributed by atoms with Crippen molar-refractivity contribution in [1.29, 1.82) is 0 Å². The lowest BCUT2D eigenvalue weighted by Gasteiger charge is -2.26. The molecule has 0 saturated carbocycles. The number of carbonyl (C=O) groups is 2. The van der Waals surface area contributed by atoms with Crippen molar-refractivity contribution in [3.05, 3.63) is 94.6 Å². The zero-order valence-electron chi connectivity index (χ0n) is 25.8. The van der Waals surface area contributed by atoms with Crippen molar-refractivity contribution in [2.75, 3.05) is 19.8 Å². The molecule has 1 aliphatic carbocycles. The standard InChI is InChI=1S/C37H50O5/c1-5-6-7-8-9-10-29-11-13-30(14-12-29)15-16-31-17-18-33-24-34(20-19-32(33)23-31)35(26-42-36(39)27(2)3)21-22-41-37(40)28(4)25-38/h11-14,19-20,24,31,35,38H,2,4-10,15-18,21-23,25-26H2,1,3H3. The predicted molar refractivity (Wildman–Crippen MR) is 169 cm³/mol. The topological polar surface area (TPSA) is 72.8 Å². The Morgan fingerprint density at radius 2 is 1.64 bits per heavy atom. The number of ether oxygens (including phenoxy) is 2. The van der Waals surface area contributed by atoms with Crippen molar-refractivity contribution in [3.8, 4) is 0 Å². The number of rotatable bonds is 18. The SMILES string of the molecule is C=C(C)C(=O)OCC(CCOC(=O)C(=C)CO)c1ccc2c(c1)CCC(CCc1ccc(CCCCCCC)cc1)C2. The van der Waals surface area contributed by atoms with Gasteiger partial charge in [0.2, 0.25) is 0 Å². The average molecular weight is 575 g/mol. The fraction of sp³-hybridized carbons (Fsp3) is 0.514. The summed E-state index contributed by atoms with van der Waals surface area (Å²) in [5.74, 6) is -0.484. The Morgan fingerprint density at radius 3 is 2.33 bits per heavy atom. The van der Waals surface area contributed by atoms with Crippen LogP contribution in [0.3, 0.4) is 0 Å². The smallest absolute Gasteiger partial charge is 0.335 e. The summed E-state index contributed by atoms with van der Waals surface area (Å²) < 4.78 is 10.8. The average Bonchev–Trinajstić information content (AvgIpc) is 3.01. The minimum absolute atomic E-state index is 0.0220. The van der Waals surface area contributed by atoms with E-state index in [1.807, 2.05) is 0 Å². The molecule has 2 atom stereocenters. The Hall–Kier alpha value is -3.18. The minimum atomic E-state index is -0.611. The van der Waals surface area contributed by atoms with Gasteiger partial charge in [-0.2, -0.15) is 0 Å². The number of aliphatic hydroxyl groups is 1. The van der Waals surface area contributed by atoms with Crippen molar-refractivity contribution in [3.63, 3.8) is 0 Å². The van der Waals surface area contributed by atoms with Gasteiger partial charge in [0.1, 0.15) is 0 Å². The zero-order chi connectivity index (χ0) is 30.3. The second-order valence-corrected chi connectivity index (χ2v) is 11.9. The highest BCUT2D eigenvalue weighted by molar-refractivity contribution is 5.88. The van der Waals surface area contributed by atoms with Gasteiger partial charge >= 0.3 is 11.9 Å². The van der Waals surface area contributed by atoms with E-state index in [4.69, 9.17) is 14.6 Å². The molecule has 0 saturated heterocycles. The molecule has 5 nitrogen and oxygen atoms in total. The van der Waals surface area contributed by atoms with Gasteiger partial charge in [0.05, 0.1) is 25.4 Å². The lowest BCUT2D eigenvalue weighted by atomic mass is 9.79. The van der Waals surface area contributed by atoms with Crippen LogP contribution in [0.25, 0.3) is 0 Å². The third-order valence-corrected chi connectivity index (χ3v) is 8.41. The van der Waals surface area contributed by atoms with Crippen LogP contribution in [0.2, 0.25) is 0 Å². The van der Waals surface area contributed by atoms with Crippen LogP contribution in [0.5, 0.6) is 0 Å². The molecule has 0 amide bonds. The van der Waals surface area contributed by atoms with Crippen LogP contribution in [0.4, 0.5) is 0 Å². The van der Waals surface area contributed by atoms with E-state index in [0.29, 0.717) is 17.9 Å². The molecular weight excluding hydrogens is 524 g/mol. The maximum absolute atomic E-state index is 12.1. The largest absolute Gasteiger partial charge is 0.462 e. The lowest BCUT2D eigenvalue weighted by molar-refractivity contribution is -0.142. The first kappa shape index (κ1) is 33.3. The molecule has 0 spiro atoms. The summed E-state index contributed by atoms with van der Waals surface area (Å²) in [6, 6.07) is 15.9. The summed E-state index contributed by atoms with van der Waals surface area (Å²) in [7, 11) is 0. The molecule has 0 aliphatic heterocycles. The van der Waals surface area contributed by atoms with Gasteiger partial charge in [0, 0.05) is 11.5 Å². The van der Waals surface area contributed by atoms with Crippen molar-refractivity contribution < 1.29 is 24.2 Å². The summed E-state index contributed by atoms with van der Waals surface area (Å²) in [5.41, 5.74) is 7.09. The number of hydrogen-bond acceptors (Lipinski definition) is 5. The van der Waals surface area contributed by atoms with E-state index in [2.05, 4.69) is 62.5 Å². The van der Waals surface area contributed by atoms with E-state index in [9.17, 15) is 9.59 Å². The first-order chi connectivity index (χ1) is 20.3. The summed E-state index contributed by atoms with van der Waals surface area (Å²) in [5, 5.41) is 9.10. The Bertz CT molecular complexity index is 1180. The molecule has 0 bridgehead atoms. The van der Waals surface area contributed by atoms with E-state index in [1.54, 1.807) is 6.92 Å².